The normalized spacial score (nSPS) is 19.1. The van der Waals surface area contributed by atoms with Gasteiger partial charge in [-0.1, -0.05) is 26.0 Å². The molecule has 1 fully saturated rings. The van der Waals surface area contributed by atoms with Crippen molar-refractivity contribution in [3.63, 3.8) is 0 Å². The maximum atomic E-state index is 14.9. The molecule has 2 aromatic rings. The van der Waals surface area contributed by atoms with Crippen molar-refractivity contribution in [3.8, 4) is 5.75 Å². The lowest BCUT2D eigenvalue weighted by molar-refractivity contribution is 0.0561. The van der Waals surface area contributed by atoms with Gasteiger partial charge in [-0.2, -0.15) is 0 Å². The van der Waals surface area contributed by atoms with E-state index >= 15 is 0 Å². The van der Waals surface area contributed by atoms with E-state index in [0.717, 1.165) is 11.3 Å². The Labute approximate surface area is 188 Å². The Kier molecular flexibility index (Phi) is 8.39. The number of nitrogens with zero attached hydrogens (tertiary/aromatic N) is 3. The molecule has 2 atom stereocenters. The molecule has 1 aromatic carbocycles. The molecule has 0 aliphatic carbocycles. The zero-order valence-electron chi connectivity index (χ0n) is 18.9. The molecule has 2 amide bonds. The molecule has 8 heteroatoms. The molecule has 32 heavy (non-hydrogen) atoms. The first-order valence-corrected chi connectivity index (χ1v) is 11.0. The van der Waals surface area contributed by atoms with Gasteiger partial charge in [0, 0.05) is 25.8 Å². The van der Waals surface area contributed by atoms with E-state index in [1.165, 1.54) is 23.2 Å². The first-order valence-electron chi connectivity index (χ1n) is 11.0. The minimum Gasteiger partial charge on any atom is -0.493 e. The summed E-state index contributed by atoms with van der Waals surface area (Å²) in [5.74, 6) is 0.695. The van der Waals surface area contributed by atoms with E-state index in [1.807, 2.05) is 36.2 Å². The lowest BCUT2D eigenvalue weighted by atomic mass is 10.0. The van der Waals surface area contributed by atoms with Crippen molar-refractivity contribution in [1.29, 1.82) is 0 Å². The van der Waals surface area contributed by atoms with E-state index in [4.69, 9.17) is 4.74 Å². The second-order valence-corrected chi connectivity index (χ2v) is 8.70. The van der Waals surface area contributed by atoms with Gasteiger partial charge in [-0.15, -0.1) is 0 Å². The highest BCUT2D eigenvalue weighted by molar-refractivity contribution is 5.74. The van der Waals surface area contributed by atoms with Crippen LogP contribution < -0.4 is 10.1 Å². The number of piperidine rings is 1. The highest BCUT2D eigenvalue weighted by atomic mass is 19.1. The quantitative estimate of drug-likeness (QED) is 0.666. The molecule has 1 aliphatic heterocycles. The molecule has 6 nitrogen and oxygen atoms in total. The zero-order chi connectivity index (χ0) is 23.1. The van der Waals surface area contributed by atoms with Gasteiger partial charge in [0.1, 0.15) is 17.7 Å². The Morgan fingerprint density at radius 2 is 2.06 bits per heavy atom. The number of amides is 2. The van der Waals surface area contributed by atoms with Crippen molar-refractivity contribution in [2.24, 2.45) is 5.92 Å². The molecule has 0 radical (unpaired) electrons. The summed E-state index contributed by atoms with van der Waals surface area (Å²) in [4.78, 5) is 20.4. The summed E-state index contributed by atoms with van der Waals surface area (Å²) in [6, 6.07) is 9.19. The van der Waals surface area contributed by atoms with Gasteiger partial charge in [-0.25, -0.2) is 13.6 Å². The molecule has 0 spiro atoms. The smallest absolute Gasteiger partial charge is 0.318 e. The average Bonchev–Trinajstić information content (AvgIpc) is 2.77. The molecule has 1 aromatic heterocycles. The molecule has 0 bridgehead atoms. The summed E-state index contributed by atoms with van der Waals surface area (Å²) >= 11 is 0. The molecule has 1 saturated heterocycles. The molecule has 3 rings (SSSR count). The predicted octanol–water partition coefficient (Wildman–Crippen LogP) is 4.01. The van der Waals surface area contributed by atoms with Gasteiger partial charge in [0.05, 0.1) is 24.9 Å². The third-order valence-electron chi connectivity index (χ3n) is 5.48. The van der Waals surface area contributed by atoms with Gasteiger partial charge < -0.3 is 19.9 Å². The highest BCUT2D eigenvalue weighted by Crippen LogP contribution is 2.22. The standard InChI is InChI=1S/C24H32F2N4O2/c1-17(2)16-32-19-8-6-18(7-9-19)13-28-24(31)30(15-22-20(25)5-4-11-27-22)23-10-12-29(3)14-21(23)26/h4-9,11,17,21,23H,10,12-16H2,1-3H3,(H,28,31)/t21-,23+/m0/s1. The molecule has 1 N–H and O–H groups in total. The summed E-state index contributed by atoms with van der Waals surface area (Å²) in [5, 5.41) is 2.85. The number of hydrogen-bond donors (Lipinski definition) is 1. The number of carbonyl (C=O) groups excluding carboxylic acids is 1. The Bertz CT molecular complexity index is 879. The van der Waals surface area contributed by atoms with Crippen molar-refractivity contribution in [1.82, 2.24) is 20.1 Å². The number of ether oxygens (including phenoxy) is 1. The fraction of sp³-hybridized carbons (Fsp3) is 0.500. The van der Waals surface area contributed by atoms with E-state index in [9.17, 15) is 13.6 Å². The van der Waals surface area contributed by atoms with Gasteiger partial charge in [-0.3, -0.25) is 4.98 Å². The summed E-state index contributed by atoms with van der Waals surface area (Å²) in [6.07, 6.45) is 0.726. The van der Waals surface area contributed by atoms with E-state index in [1.54, 1.807) is 0 Å². The van der Waals surface area contributed by atoms with E-state index in [2.05, 4.69) is 24.1 Å². The lowest BCUT2D eigenvalue weighted by Crippen LogP contribution is -2.55. The van der Waals surface area contributed by atoms with Gasteiger partial charge in [-0.05, 0) is 49.2 Å². The predicted molar refractivity (Wildman–Crippen MR) is 120 cm³/mol. The van der Waals surface area contributed by atoms with Crippen LogP contribution in [0.1, 0.15) is 31.5 Å². The van der Waals surface area contributed by atoms with Crippen LogP contribution in [0.4, 0.5) is 13.6 Å². The molecule has 0 unspecified atom stereocenters. The zero-order valence-corrected chi connectivity index (χ0v) is 18.9. The second kappa shape index (κ2) is 11.2. The summed E-state index contributed by atoms with van der Waals surface area (Å²) in [6.45, 7) is 5.88. The molecular formula is C24H32F2N4O2. The fourth-order valence-corrected chi connectivity index (χ4v) is 3.68. The first-order chi connectivity index (χ1) is 15.3. The van der Waals surface area contributed by atoms with Crippen molar-refractivity contribution < 1.29 is 18.3 Å². The van der Waals surface area contributed by atoms with Crippen molar-refractivity contribution in [3.05, 3.63) is 59.7 Å². The number of urea groups is 1. The number of halogens is 2. The number of pyridine rings is 1. The second-order valence-electron chi connectivity index (χ2n) is 8.70. The van der Waals surface area contributed by atoms with Crippen LogP contribution in [0.15, 0.2) is 42.6 Å². The number of aromatic nitrogens is 1. The van der Waals surface area contributed by atoms with Crippen molar-refractivity contribution in [2.75, 3.05) is 26.7 Å². The number of benzene rings is 1. The van der Waals surface area contributed by atoms with E-state index in [0.29, 0.717) is 25.5 Å². The Morgan fingerprint density at radius 1 is 1.31 bits per heavy atom. The average molecular weight is 447 g/mol. The highest BCUT2D eigenvalue weighted by Gasteiger charge is 2.35. The van der Waals surface area contributed by atoms with Crippen LogP contribution in [-0.2, 0) is 13.1 Å². The number of hydrogen-bond acceptors (Lipinski definition) is 4. The minimum atomic E-state index is -1.22. The molecule has 2 heterocycles. The summed E-state index contributed by atoms with van der Waals surface area (Å²) < 4.78 is 34.7. The number of nitrogens with one attached hydrogen (secondary N) is 1. The van der Waals surface area contributed by atoms with Crippen LogP contribution in [0.3, 0.4) is 0 Å². The van der Waals surface area contributed by atoms with Gasteiger partial charge in [0.2, 0.25) is 0 Å². The monoisotopic (exact) mass is 446 g/mol. The van der Waals surface area contributed by atoms with Gasteiger partial charge in [0.25, 0.3) is 0 Å². The lowest BCUT2D eigenvalue weighted by Gasteiger charge is -2.39. The Hall–Kier alpha value is -2.74. The Morgan fingerprint density at radius 3 is 2.72 bits per heavy atom. The van der Waals surface area contributed by atoms with E-state index in [-0.39, 0.29) is 25.3 Å². The van der Waals surface area contributed by atoms with Crippen molar-refractivity contribution >= 4 is 6.03 Å². The fourth-order valence-electron chi connectivity index (χ4n) is 3.68. The van der Waals surface area contributed by atoms with Gasteiger partial charge >= 0.3 is 6.03 Å². The van der Waals surface area contributed by atoms with Crippen LogP contribution in [0, 0.1) is 11.7 Å². The SMILES string of the molecule is CC(C)COc1ccc(CNC(=O)N(Cc2ncccc2F)[C@@H]2CCN(C)C[C@@H]2F)cc1. The summed E-state index contributed by atoms with van der Waals surface area (Å²) in [5.41, 5.74) is 1.01. The minimum absolute atomic E-state index is 0.0880. The topological polar surface area (TPSA) is 57.7 Å². The van der Waals surface area contributed by atoms with E-state index < -0.39 is 24.1 Å². The van der Waals surface area contributed by atoms with Crippen LogP contribution >= 0.6 is 0 Å². The van der Waals surface area contributed by atoms with Crippen LogP contribution in [0.5, 0.6) is 5.75 Å². The number of alkyl halides is 1. The number of rotatable bonds is 8. The first kappa shape index (κ1) is 23.9. The maximum absolute atomic E-state index is 14.9. The molecule has 1 aliphatic rings. The third kappa shape index (κ3) is 6.63. The molecular weight excluding hydrogens is 414 g/mol. The van der Waals surface area contributed by atoms with Crippen LogP contribution in [-0.4, -0.2) is 59.8 Å². The number of carbonyl (C=O) groups is 1. The van der Waals surface area contributed by atoms with Crippen LogP contribution in [0.25, 0.3) is 0 Å². The van der Waals surface area contributed by atoms with Crippen molar-refractivity contribution in [2.45, 2.75) is 45.6 Å². The number of likely N-dealkylation sites (tertiary alicyclic amines) is 1. The summed E-state index contributed by atoms with van der Waals surface area (Å²) in [7, 11) is 1.85. The Balaban J connectivity index is 1.67. The molecule has 174 valence electrons. The van der Waals surface area contributed by atoms with Gasteiger partial charge in [0.15, 0.2) is 0 Å². The maximum Gasteiger partial charge on any atom is 0.318 e. The van der Waals surface area contributed by atoms with Crippen LogP contribution in [0.2, 0.25) is 0 Å². The third-order valence-corrected chi connectivity index (χ3v) is 5.48. The largest absolute Gasteiger partial charge is 0.493 e. The molecule has 0 saturated carbocycles.